The van der Waals surface area contributed by atoms with E-state index in [0.717, 1.165) is 21.9 Å². The highest BCUT2D eigenvalue weighted by atomic mass is 32.2. The third-order valence-electron chi connectivity index (χ3n) is 8.45. The number of fused-ring (bicyclic) bond motifs is 9. The molecule has 2 aromatic carbocycles. The molecule has 3 aromatic rings. The van der Waals surface area contributed by atoms with Crippen LogP contribution in [0.5, 0.6) is 0 Å². The zero-order valence-corrected chi connectivity index (χ0v) is 20.5. The number of nitrogens with one attached hydrogen (secondary N) is 1. The number of aromatic amines is 1. The third kappa shape index (κ3) is 2.71. The van der Waals surface area contributed by atoms with E-state index in [1.807, 2.05) is 31.2 Å². The summed E-state index contributed by atoms with van der Waals surface area (Å²) in [5.41, 5.74) is 4.19. The van der Waals surface area contributed by atoms with Crippen LogP contribution < -0.4 is 9.77 Å². The average molecular weight is 489 g/mol. The van der Waals surface area contributed by atoms with Crippen molar-refractivity contribution in [1.82, 2.24) is 4.98 Å². The maximum atomic E-state index is 13.7. The zero-order valence-electron chi connectivity index (χ0n) is 18.9. The Labute approximate surface area is 205 Å². The Balaban J connectivity index is 1.32. The molecule has 7 rings (SSSR count). The highest BCUT2D eigenvalue weighted by Crippen LogP contribution is 2.68. The lowest BCUT2D eigenvalue weighted by Gasteiger charge is -2.43. The minimum absolute atomic E-state index is 0.0279. The smallest absolute Gasteiger partial charge is 0.305 e. The number of carbonyl (C=O) groups excluding carboxylic acids is 2. The number of thioether (sulfide) groups is 1. The van der Waals surface area contributed by atoms with E-state index in [1.165, 1.54) is 27.4 Å². The fourth-order valence-electron chi connectivity index (χ4n) is 7.11. The third-order valence-corrected chi connectivity index (χ3v) is 11.0. The summed E-state index contributed by atoms with van der Waals surface area (Å²) in [4.78, 5) is 45.3. The second-order valence-electron chi connectivity index (χ2n) is 10.2. The molecule has 7 atom stereocenters. The number of H-pyrrole nitrogens is 1. The van der Waals surface area contributed by atoms with Gasteiger partial charge in [-0.1, -0.05) is 58.9 Å². The lowest BCUT2D eigenvalue weighted by molar-refractivity contribution is -0.123. The SMILES string of the molecule is Cc1ccc([C@H]2c3sc(=O)[nH]c3S[C@@H]3[C@H]4C[C@@H]([C@@H]5C(=O)N(c6ccc(C)cc6)C(=O)[C@H]45)[C@H]23)cc1. The number of carbonyl (C=O) groups is 2. The molecule has 0 radical (unpaired) electrons. The lowest BCUT2D eigenvalue weighted by atomic mass is 9.68. The lowest BCUT2D eigenvalue weighted by Crippen LogP contribution is -2.42. The number of hydrogen-bond acceptors (Lipinski definition) is 5. The van der Waals surface area contributed by atoms with Gasteiger partial charge >= 0.3 is 4.87 Å². The van der Waals surface area contributed by atoms with Gasteiger partial charge in [-0.15, -0.1) is 11.8 Å². The fraction of sp³-hybridized carbons (Fsp3) is 0.370. The summed E-state index contributed by atoms with van der Waals surface area (Å²) in [6.45, 7) is 4.08. The molecule has 2 bridgehead atoms. The standard InChI is InChI=1S/C27H24N2O3S2/c1-12-3-7-14(8-4-12)18-19-16-11-17(22(19)33-24-23(18)34-27(32)28-24)21-20(16)25(30)29(26(21)31)15-9-5-13(2)6-10-15/h3-10,16-22H,11H2,1-2H3,(H,28,32)/t16-,17+,18-,19-,20+,21-,22-/m1/s1. The normalized spacial score (nSPS) is 33.2. The van der Waals surface area contributed by atoms with Gasteiger partial charge in [-0.3, -0.25) is 19.3 Å². The Hall–Kier alpha value is -2.64. The summed E-state index contributed by atoms with van der Waals surface area (Å²) in [7, 11) is 0. The van der Waals surface area contributed by atoms with Crippen LogP contribution in [0.15, 0.2) is 58.4 Å². The van der Waals surface area contributed by atoms with Crippen LogP contribution in [-0.2, 0) is 9.59 Å². The van der Waals surface area contributed by atoms with Gasteiger partial charge in [-0.25, -0.2) is 0 Å². The van der Waals surface area contributed by atoms with Crippen LogP contribution in [0.3, 0.4) is 0 Å². The van der Waals surface area contributed by atoms with E-state index in [9.17, 15) is 14.4 Å². The van der Waals surface area contributed by atoms with E-state index in [0.29, 0.717) is 5.69 Å². The van der Waals surface area contributed by atoms with Gasteiger partial charge in [0, 0.05) is 16.0 Å². The van der Waals surface area contributed by atoms with Crippen molar-refractivity contribution in [2.45, 2.75) is 36.5 Å². The van der Waals surface area contributed by atoms with Crippen molar-refractivity contribution in [2.24, 2.45) is 29.6 Å². The van der Waals surface area contributed by atoms with Crippen LogP contribution in [0.4, 0.5) is 5.69 Å². The highest BCUT2D eigenvalue weighted by Gasteiger charge is 2.69. The van der Waals surface area contributed by atoms with E-state index in [1.54, 1.807) is 11.8 Å². The molecule has 3 fully saturated rings. The molecule has 1 saturated heterocycles. The molecule has 5 nitrogen and oxygen atoms in total. The second kappa shape index (κ2) is 7.18. The van der Waals surface area contributed by atoms with Crippen LogP contribution >= 0.6 is 23.1 Å². The molecule has 172 valence electrons. The van der Waals surface area contributed by atoms with Crippen molar-refractivity contribution in [2.75, 3.05) is 4.90 Å². The molecular weight excluding hydrogens is 464 g/mol. The number of aryl methyl sites for hydroxylation is 2. The van der Waals surface area contributed by atoms with Gasteiger partial charge in [0.2, 0.25) is 11.8 Å². The Morgan fingerprint density at radius 3 is 2.15 bits per heavy atom. The van der Waals surface area contributed by atoms with Gasteiger partial charge in [-0.2, -0.15) is 0 Å². The first-order valence-corrected chi connectivity index (χ1v) is 13.5. The minimum Gasteiger partial charge on any atom is -0.307 e. The summed E-state index contributed by atoms with van der Waals surface area (Å²) in [6, 6.07) is 16.3. The van der Waals surface area contributed by atoms with E-state index in [2.05, 4.69) is 36.2 Å². The van der Waals surface area contributed by atoms with Crippen LogP contribution in [0, 0.1) is 43.4 Å². The maximum absolute atomic E-state index is 13.7. The van der Waals surface area contributed by atoms with E-state index >= 15 is 0 Å². The summed E-state index contributed by atoms with van der Waals surface area (Å²) in [5, 5.41) is 1.18. The molecule has 2 saturated carbocycles. The molecule has 0 spiro atoms. The van der Waals surface area contributed by atoms with Crippen LogP contribution in [0.2, 0.25) is 0 Å². The van der Waals surface area contributed by atoms with Gasteiger partial charge in [0.05, 0.1) is 22.5 Å². The summed E-state index contributed by atoms with van der Waals surface area (Å²) in [6.07, 6.45) is 0.915. The van der Waals surface area contributed by atoms with Crippen molar-refractivity contribution < 1.29 is 9.59 Å². The number of thiazole rings is 1. The van der Waals surface area contributed by atoms with Crippen LogP contribution in [0.1, 0.15) is 33.9 Å². The van der Waals surface area contributed by atoms with Gasteiger partial charge in [0.15, 0.2) is 0 Å². The zero-order chi connectivity index (χ0) is 23.3. The van der Waals surface area contributed by atoms with Crippen molar-refractivity contribution in [1.29, 1.82) is 0 Å². The summed E-state index contributed by atoms with van der Waals surface area (Å²) in [5.74, 6) is 0.0412. The number of imide groups is 1. The molecule has 2 amide bonds. The monoisotopic (exact) mass is 488 g/mol. The molecule has 3 heterocycles. The minimum atomic E-state index is -0.259. The van der Waals surface area contributed by atoms with Crippen molar-refractivity contribution >= 4 is 40.6 Å². The Morgan fingerprint density at radius 2 is 1.47 bits per heavy atom. The number of benzene rings is 2. The fourth-order valence-corrected chi connectivity index (χ4v) is 10.0. The molecule has 4 aliphatic rings. The van der Waals surface area contributed by atoms with Gasteiger partial charge in [0.1, 0.15) is 0 Å². The van der Waals surface area contributed by atoms with E-state index in [4.69, 9.17) is 0 Å². The molecule has 1 N–H and O–H groups in total. The predicted molar refractivity (Wildman–Crippen MR) is 133 cm³/mol. The Kier molecular flexibility index (Phi) is 4.38. The summed E-state index contributed by atoms with van der Waals surface area (Å²) >= 11 is 3.04. The average Bonchev–Trinajstić information content (AvgIpc) is 3.54. The number of hydrogen-bond donors (Lipinski definition) is 1. The molecule has 34 heavy (non-hydrogen) atoms. The first-order chi connectivity index (χ1) is 16.4. The number of rotatable bonds is 2. The van der Waals surface area contributed by atoms with Crippen LogP contribution in [-0.4, -0.2) is 22.0 Å². The van der Waals surface area contributed by atoms with Gasteiger partial charge in [-0.05, 0) is 55.7 Å². The molecule has 2 aliphatic heterocycles. The quantitative estimate of drug-likeness (QED) is 0.530. The van der Waals surface area contributed by atoms with Crippen molar-refractivity contribution in [3.63, 3.8) is 0 Å². The molecule has 2 aliphatic carbocycles. The van der Waals surface area contributed by atoms with E-state index in [-0.39, 0.29) is 57.4 Å². The number of amides is 2. The predicted octanol–water partition coefficient (Wildman–Crippen LogP) is 4.73. The topological polar surface area (TPSA) is 70.2 Å². The molecule has 0 unspecified atom stereocenters. The number of aromatic nitrogens is 1. The largest absolute Gasteiger partial charge is 0.307 e. The summed E-state index contributed by atoms with van der Waals surface area (Å²) < 4.78 is 0. The Bertz CT molecular complexity index is 1390. The molecular formula is C27H24N2O3S2. The molecule has 1 aromatic heterocycles. The first-order valence-electron chi connectivity index (χ1n) is 11.8. The van der Waals surface area contributed by atoms with Crippen LogP contribution in [0.25, 0.3) is 0 Å². The van der Waals surface area contributed by atoms with Crippen molar-refractivity contribution in [3.05, 3.63) is 79.8 Å². The van der Waals surface area contributed by atoms with Crippen molar-refractivity contribution in [3.8, 4) is 0 Å². The highest BCUT2D eigenvalue weighted by molar-refractivity contribution is 8.00. The van der Waals surface area contributed by atoms with E-state index < -0.39 is 0 Å². The van der Waals surface area contributed by atoms with Gasteiger partial charge < -0.3 is 4.98 Å². The number of anilines is 1. The first kappa shape index (κ1) is 20.7. The Morgan fingerprint density at radius 1 is 0.853 bits per heavy atom. The second-order valence-corrected chi connectivity index (χ2v) is 12.4. The maximum Gasteiger partial charge on any atom is 0.305 e. The van der Waals surface area contributed by atoms with Gasteiger partial charge in [0.25, 0.3) is 0 Å². The molecule has 7 heteroatoms. The number of nitrogens with zero attached hydrogens (tertiary/aromatic N) is 1.